The van der Waals surface area contributed by atoms with Crippen molar-refractivity contribution in [2.75, 3.05) is 0 Å². The Labute approximate surface area is 161 Å². The van der Waals surface area contributed by atoms with Crippen LogP contribution in [0.15, 0.2) is 18.2 Å². The van der Waals surface area contributed by atoms with Crippen LogP contribution in [0, 0.1) is 23.2 Å². The van der Waals surface area contributed by atoms with E-state index in [1.165, 1.54) is 11.1 Å². The average Bonchev–Trinajstić information content (AvgIpc) is 2.89. The number of hydrogen-bond donors (Lipinski definition) is 3. The number of phenols is 1. The van der Waals surface area contributed by atoms with Crippen molar-refractivity contribution in [3.05, 3.63) is 29.3 Å². The van der Waals surface area contributed by atoms with Crippen molar-refractivity contribution in [1.82, 2.24) is 0 Å². The fourth-order valence-corrected chi connectivity index (χ4v) is 6.81. The summed E-state index contributed by atoms with van der Waals surface area (Å²) >= 11 is 0. The number of aromatic hydroxyl groups is 1. The lowest BCUT2D eigenvalue weighted by atomic mass is 9.53. The number of phenolic OH excluding ortho intramolecular Hbond substituents is 1. The molecule has 0 spiro atoms. The van der Waals surface area contributed by atoms with Gasteiger partial charge in [-0.2, -0.15) is 0 Å². The van der Waals surface area contributed by atoms with Gasteiger partial charge >= 0.3 is 5.97 Å². The number of carboxylic acids is 1. The second kappa shape index (κ2) is 7.12. The molecule has 3 N–H and O–H groups in total. The highest BCUT2D eigenvalue weighted by Gasteiger charge is 2.58. The van der Waals surface area contributed by atoms with Gasteiger partial charge in [-0.05, 0) is 90.9 Å². The van der Waals surface area contributed by atoms with Crippen LogP contribution >= 0.6 is 0 Å². The van der Waals surface area contributed by atoms with Gasteiger partial charge in [0.05, 0.1) is 6.10 Å². The van der Waals surface area contributed by atoms with Crippen molar-refractivity contribution >= 4 is 5.97 Å². The zero-order valence-electron chi connectivity index (χ0n) is 16.2. The van der Waals surface area contributed by atoms with Crippen LogP contribution in [0.1, 0.15) is 75.3 Å². The maximum atomic E-state index is 10.9. The summed E-state index contributed by atoms with van der Waals surface area (Å²) < 4.78 is 0. The molecule has 0 heterocycles. The second-order valence-electron chi connectivity index (χ2n) is 9.41. The van der Waals surface area contributed by atoms with Gasteiger partial charge in [0.1, 0.15) is 5.75 Å². The van der Waals surface area contributed by atoms with E-state index in [0.29, 0.717) is 29.4 Å². The minimum Gasteiger partial charge on any atom is -0.508 e. The summed E-state index contributed by atoms with van der Waals surface area (Å²) in [5, 5.41) is 29.6. The van der Waals surface area contributed by atoms with Gasteiger partial charge in [-0.25, -0.2) is 0 Å². The predicted octanol–water partition coefficient (Wildman–Crippen LogP) is 4.48. The number of aliphatic hydroxyl groups is 1. The lowest BCUT2D eigenvalue weighted by Gasteiger charge is -2.51. The fourth-order valence-electron chi connectivity index (χ4n) is 6.81. The van der Waals surface area contributed by atoms with Crippen LogP contribution in [0.3, 0.4) is 0 Å². The molecule has 0 aliphatic heterocycles. The largest absolute Gasteiger partial charge is 0.508 e. The molecule has 2 unspecified atom stereocenters. The molecule has 0 saturated heterocycles. The first kappa shape index (κ1) is 18.8. The predicted molar refractivity (Wildman–Crippen MR) is 104 cm³/mol. The van der Waals surface area contributed by atoms with Crippen molar-refractivity contribution in [2.45, 2.75) is 76.7 Å². The van der Waals surface area contributed by atoms with Gasteiger partial charge in [-0.15, -0.1) is 0 Å². The lowest BCUT2D eigenvalue weighted by molar-refractivity contribution is -0.137. The van der Waals surface area contributed by atoms with Crippen molar-refractivity contribution in [3.8, 4) is 5.75 Å². The smallest absolute Gasteiger partial charge is 0.303 e. The molecular weight excluding hydrogens is 340 g/mol. The summed E-state index contributed by atoms with van der Waals surface area (Å²) in [5.41, 5.74) is 2.72. The summed E-state index contributed by atoms with van der Waals surface area (Å²) in [6.45, 7) is 2.29. The third-order valence-corrected chi connectivity index (χ3v) is 8.02. The highest BCUT2D eigenvalue weighted by atomic mass is 16.4. The third-order valence-electron chi connectivity index (χ3n) is 8.02. The average molecular weight is 373 g/mol. The molecule has 4 heteroatoms. The van der Waals surface area contributed by atoms with E-state index in [2.05, 4.69) is 13.0 Å². The Morgan fingerprint density at radius 2 is 2.07 bits per heavy atom. The molecule has 0 aromatic heterocycles. The first-order chi connectivity index (χ1) is 12.9. The van der Waals surface area contributed by atoms with Crippen LogP contribution in [0.2, 0.25) is 0 Å². The molecule has 0 amide bonds. The molecule has 3 aliphatic rings. The molecule has 1 aromatic carbocycles. The Balaban J connectivity index is 1.55. The van der Waals surface area contributed by atoms with Crippen molar-refractivity contribution < 1.29 is 20.1 Å². The summed E-state index contributed by atoms with van der Waals surface area (Å²) in [5.74, 6) is 1.82. The van der Waals surface area contributed by atoms with Gasteiger partial charge < -0.3 is 15.3 Å². The maximum Gasteiger partial charge on any atom is 0.303 e. The zero-order chi connectivity index (χ0) is 19.2. The van der Waals surface area contributed by atoms with E-state index >= 15 is 0 Å². The van der Waals surface area contributed by atoms with Crippen molar-refractivity contribution in [1.29, 1.82) is 0 Å². The van der Waals surface area contributed by atoms with Gasteiger partial charge in [-0.3, -0.25) is 4.79 Å². The number of aryl methyl sites for hydroxylation is 1. The Morgan fingerprint density at radius 3 is 2.85 bits per heavy atom. The molecule has 2 fully saturated rings. The molecule has 4 rings (SSSR count). The Kier molecular flexibility index (Phi) is 4.96. The van der Waals surface area contributed by atoms with Crippen LogP contribution in [0.4, 0.5) is 0 Å². The van der Waals surface area contributed by atoms with Crippen LogP contribution in [0.25, 0.3) is 0 Å². The lowest BCUT2D eigenvalue weighted by Crippen LogP contribution is -2.45. The number of rotatable bonds is 5. The topological polar surface area (TPSA) is 77.8 Å². The van der Waals surface area contributed by atoms with E-state index in [1.807, 2.05) is 12.1 Å². The van der Waals surface area contributed by atoms with E-state index in [-0.39, 0.29) is 17.9 Å². The first-order valence-corrected chi connectivity index (χ1v) is 10.6. The standard InChI is InChI=1S/C23H32O4/c1-23-11-10-18-17-9-7-16(24)12-14(17)6-8-19(18)22(23)15(13-20(23)25)4-2-3-5-21(26)27/h7,9,12,15,18-20,22,24-25H,2-6,8,10-11,13H2,1H3,(H,26,27)/t15?,18-,19-,20?,22+,23-/m1/s1. The number of hydrogen-bond acceptors (Lipinski definition) is 3. The molecule has 148 valence electrons. The number of unbranched alkanes of at least 4 members (excludes halogenated alkanes) is 1. The quantitative estimate of drug-likeness (QED) is 0.666. The fraction of sp³-hybridized carbons (Fsp3) is 0.696. The van der Waals surface area contributed by atoms with Crippen LogP contribution in [-0.2, 0) is 11.2 Å². The number of aliphatic carboxylic acids is 1. The normalized spacial score (nSPS) is 37.3. The van der Waals surface area contributed by atoms with Gasteiger partial charge in [0.2, 0.25) is 0 Å². The van der Waals surface area contributed by atoms with Crippen LogP contribution < -0.4 is 0 Å². The minimum atomic E-state index is -0.712. The highest BCUT2D eigenvalue weighted by Crippen LogP contribution is 2.63. The Bertz CT molecular complexity index is 714. The number of carbonyl (C=O) groups is 1. The van der Waals surface area contributed by atoms with Gasteiger partial charge in [0.15, 0.2) is 0 Å². The SMILES string of the molecule is C[C@]12CC[C@@H]3c4ccc(O)cc4CC[C@H]3[C@@H]1C(CCCCC(=O)O)CC2O. The van der Waals surface area contributed by atoms with Gasteiger partial charge in [0.25, 0.3) is 0 Å². The van der Waals surface area contributed by atoms with Crippen molar-refractivity contribution in [3.63, 3.8) is 0 Å². The van der Waals surface area contributed by atoms with Gasteiger partial charge in [0, 0.05) is 6.42 Å². The summed E-state index contributed by atoms with van der Waals surface area (Å²) in [6, 6.07) is 5.88. The zero-order valence-corrected chi connectivity index (χ0v) is 16.2. The minimum absolute atomic E-state index is 0.00700. The monoisotopic (exact) mass is 372 g/mol. The third kappa shape index (κ3) is 3.26. The van der Waals surface area contributed by atoms with E-state index in [1.54, 1.807) is 0 Å². The summed E-state index contributed by atoms with van der Waals surface area (Å²) in [4.78, 5) is 10.8. The van der Waals surface area contributed by atoms with E-state index in [0.717, 1.165) is 51.4 Å². The maximum absolute atomic E-state index is 10.9. The van der Waals surface area contributed by atoms with Crippen LogP contribution in [-0.4, -0.2) is 27.4 Å². The summed E-state index contributed by atoms with van der Waals surface area (Å²) in [7, 11) is 0. The molecule has 4 nitrogen and oxygen atoms in total. The molecule has 2 saturated carbocycles. The molecular formula is C23H32O4. The second-order valence-corrected chi connectivity index (χ2v) is 9.41. The van der Waals surface area contributed by atoms with Crippen LogP contribution in [0.5, 0.6) is 5.75 Å². The molecule has 6 atom stereocenters. The number of aliphatic hydroxyl groups excluding tert-OH is 1. The molecule has 3 aliphatic carbocycles. The van der Waals surface area contributed by atoms with E-state index in [4.69, 9.17) is 5.11 Å². The van der Waals surface area contributed by atoms with E-state index in [9.17, 15) is 15.0 Å². The number of benzene rings is 1. The molecule has 0 radical (unpaired) electrons. The molecule has 1 aromatic rings. The first-order valence-electron chi connectivity index (χ1n) is 10.6. The number of carboxylic acid groups (broad SMARTS) is 1. The molecule has 27 heavy (non-hydrogen) atoms. The van der Waals surface area contributed by atoms with Crippen molar-refractivity contribution in [2.24, 2.45) is 23.2 Å². The highest BCUT2D eigenvalue weighted by molar-refractivity contribution is 5.66. The Morgan fingerprint density at radius 1 is 1.26 bits per heavy atom. The Hall–Kier alpha value is -1.55. The van der Waals surface area contributed by atoms with Gasteiger partial charge in [-0.1, -0.05) is 25.8 Å². The van der Waals surface area contributed by atoms with E-state index < -0.39 is 5.97 Å². The summed E-state index contributed by atoms with van der Waals surface area (Å²) in [6.07, 6.45) is 7.95. The molecule has 0 bridgehead atoms. The number of fused-ring (bicyclic) bond motifs is 5.